The first-order chi connectivity index (χ1) is 13.2. The van der Waals surface area contributed by atoms with E-state index in [1.54, 1.807) is 18.5 Å². The number of pyridine rings is 1. The highest BCUT2D eigenvalue weighted by Crippen LogP contribution is 2.24. The molecule has 1 saturated carbocycles. The molecule has 7 heteroatoms. The van der Waals surface area contributed by atoms with Crippen LogP contribution in [0.1, 0.15) is 36.1 Å². The summed E-state index contributed by atoms with van der Waals surface area (Å²) in [4.78, 5) is 8.74. The van der Waals surface area contributed by atoms with Crippen molar-refractivity contribution in [1.82, 2.24) is 10.3 Å². The second kappa shape index (κ2) is 9.53. The molecule has 2 N–H and O–H groups in total. The summed E-state index contributed by atoms with van der Waals surface area (Å²) in [6.07, 6.45) is 10.3. The highest BCUT2D eigenvalue weighted by atomic mass is 19.1. The summed E-state index contributed by atoms with van der Waals surface area (Å²) in [6, 6.07) is 2.00. The van der Waals surface area contributed by atoms with E-state index in [0.29, 0.717) is 31.4 Å². The van der Waals surface area contributed by atoms with E-state index in [9.17, 15) is 4.39 Å². The number of hydrogen-bond donors (Lipinski definition) is 2. The van der Waals surface area contributed by atoms with Crippen molar-refractivity contribution in [2.45, 2.75) is 45.4 Å². The van der Waals surface area contributed by atoms with Gasteiger partial charge in [-0.25, -0.2) is 4.39 Å². The third-order valence-electron chi connectivity index (χ3n) is 4.40. The molecule has 0 radical (unpaired) electrons. The summed E-state index contributed by atoms with van der Waals surface area (Å²) in [5.74, 6) is 0. The lowest BCUT2D eigenvalue weighted by Gasteiger charge is -2.14. The number of aryl methyl sites for hydroxylation is 1. The molecule has 0 aromatic carbocycles. The molecule has 6 nitrogen and oxygen atoms in total. The second-order valence-electron chi connectivity index (χ2n) is 6.63. The van der Waals surface area contributed by atoms with Crippen molar-refractivity contribution in [3.63, 3.8) is 0 Å². The molecular weight excluding hydrogens is 347 g/mol. The molecular formula is C20H25FN4O2. The first kappa shape index (κ1) is 19.4. The van der Waals surface area contributed by atoms with E-state index < -0.39 is 6.86 Å². The largest absolute Gasteiger partial charge is 0.386 e. The molecule has 0 unspecified atom stereocenters. The predicted octanol–water partition coefficient (Wildman–Crippen LogP) is 3.36. The Morgan fingerprint density at radius 3 is 3.00 bits per heavy atom. The Kier molecular flexibility index (Phi) is 6.84. The van der Waals surface area contributed by atoms with E-state index in [2.05, 4.69) is 15.3 Å². The fourth-order valence-corrected chi connectivity index (χ4v) is 2.75. The Bertz CT molecular complexity index is 769. The minimum atomic E-state index is -0.812. The number of rotatable bonds is 10. The molecule has 1 aliphatic carbocycles. The van der Waals surface area contributed by atoms with E-state index in [1.807, 2.05) is 19.2 Å². The molecule has 2 heterocycles. The molecule has 1 aromatic rings. The van der Waals surface area contributed by atoms with Crippen molar-refractivity contribution >= 4 is 11.4 Å². The van der Waals surface area contributed by atoms with Crippen LogP contribution in [0, 0.1) is 12.3 Å². The smallest absolute Gasteiger partial charge is 0.188 e. The number of hydrogen-bond acceptors (Lipinski definition) is 6. The van der Waals surface area contributed by atoms with Crippen LogP contribution in [0.25, 0.3) is 0 Å². The van der Waals surface area contributed by atoms with Crippen molar-refractivity contribution in [2.24, 2.45) is 4.99 Å². The van der Waals surface area contributed by atoms with Gasteiger partial charge in [0, 0.05) is 37.1 Å². The van der Waals surface area contributed by atoms with Crippen LogP contribution >= 0.6 is 0 Å². The number of halogens is 1. The van der Waals surface area contributed by atoms with Gasteiger partial charge in [0.25, 0.3) is 0 Å². The van der Waals surface area contributed by atoms with Gasteiger partial charge in [0.2, 0.25) is 0 Å². The highest BCUT2D eigenvalue weighted by molar-refractivity contribution is 6.28. The van der Waals surface area contributed by atoms with Crippen LogP contribution in [-0.2, 0) is 22.6 Å². The van der Waals surface area contributed by atoms with Gasteiger partial charge in [-0.1, -0.05) is 6.07 Å². The van der Waals surface area contributed by atoms with Crippen molar-refractivity contribution in [3.05, 3.63) is 53.1 Å². The second-order valence-corrected chi connectivity index (χ2v) is 6.63. The number of nitrogens with zero attached hydrogens (tertiary/aromatic N) is 2. The van der Waals surface area contributed by atoms with Crippen LogP contribution < -0.4 is 5.32 Å². The zero-order valence-electron chi connectivity index (χ0n) is 15.5. The predicted molar refractivity (Wildman–Crippen MR) is 103 cm³/mol. The monoisotopic (exact) mass is 372 g/mol. The summed E-state index contributed by atoms with van der Waals surface area (Å²) in [7, 11) is 0. The summed E-state index contributed by atoms with van der Waals surface area (Å²) < 4.78 is 22.6. The van der Waals surface area contributed by atoms with Crippen molar-refractivity contribution in [1.29, 1.82) is 5.41 Å². The summed E-state index contributed by atoms with van der Waals surface area (Å²) in [5, 5.41) is 11.4. The maximum absolute atomic E-state index is 12.1. The van der Waals surface area contributed by atoms with Crippen LogP contribution in [0.3, 0.4) is 0 Å². The molecule has 0 amide bonds. The number of allylic oxidation sites excluding steroid dienone is 2. The Balaban J connectivity index is 1.56. The number of alkyl halides is 1. The number of nitrogens with one attached hydrogen (secondary N) is 2. The Morgan fingerprint density at radius 2 is 2.26 bits per heavy atom. The first-order valence-corrected chi connectivity index (χ1v) is 9.13. The third kappa shape index (κ3) is 5.80. The molecule has 1 aromatic heterocycles. The molecule has 27 heavy (non-hydrogen) atoms. The Labute approximate surface area is 158 Å². The minimum absolute atomic E-state index is 0.173. The lowest BCUT2D eigenvalue weighted by Crippen LogP contribution is -2.19. The summed E-state index contributed by atoms with van der Waals surface area (Å²) >= 11 is 0. The van der Waals surface area contributed by atoms with E-state index in [-0.39, 0.29) is 6.61 Å². The van der Waals surface area contributed by atoms with Gasteiger partial charge < -0.3 is 20.2 Å². The summed E-state index contributed by atoms with van der Waals surface area (Å²) in [5.41, 5.74) is 4.79. The molecule has 1 aliphatic heterocycles. The third-order valence-corrected chi connectivity index (χ3v) is 4.40. The summed E-state index contributed by atoms with van der Waals surface area (Å²) in [6.45, 7) is 2.50. The maximum atomic E-state index is 12.1. The van der Waals surface area contributed by atoms with Crippen molar-refractivity contribution in [2.75, 3.05) is 13.5 Å². The first-order valence-electron chi connectivity index (χ1n) is 9.13. The van der Waals surface area contributed by atoms with E-state index >= 15 is 0 Å². The van der Waals surface area contributed by atoms with Gasteiger partial charge in [-0.15, -0.1) is 0 Å². The number of ether oxygens (including phenoxy) is 2. The fourth-order valence-electron chi connectivity index (χ4n) is 2.75. The van der Waals surface area contributed by atoms with Crippen molar-refractivity contribution in [3.8, 4) is 0 Å². The van der Waals surface area contributed by atoms with Crippen LogP contribution in [-0.4, -0.2) is 36.0 Å². The molecule has 144 valence electrons. The number of aromatic nitrogens is 1. The van der Waals surface area contributed by atoms with Gasteiger partial charge in [0.1, 0.15) is 0 Å². The van der Waals surface area contributed by atoms with Crippen LogP contribution in [0.4, 0.5) is 4.39 Å². The average Bonchev–Trinajstić information content (AvgIpc) is 3.47. The van der Waals surface area contributed by atoms with Crippen LogP contribution in [0.5, 0.6) is 0 Å². The normalized spacial score (nSPS) is 18.1. The highest BCUT2D eigenvalue weighted by Gasteiger charge is 2.22. The lowest BCUT2D eigenvalue weighted by atomic mass is 10.0. The van der Waals surface area contributed by atoms with Gasteiger partial charge in [-0.05, 0) is 37.0 Å². The molecule has 2 aliphatic rings. The molecule has 0 atom stereocenters. The number of aliphatic imine (C=N–C) groups is 1. The van der Waals surface area contributed by atoms with E-state index in [0.717, 1.165) is 40.9 Å². The standard InChI is InChI=1S/C20H25FN4O2/c1-14-8-15(10-25-20(14)12-26-13-21)9-23-11-17-18(22)4-6-24-19(17)5-7-27-16-2-3-16/h4,6,8,10-11,16,22-23H,2-3,5,7,9,12-13H2,1H3/b17-11+,22-18?. The van der Waals surface area contributed by atoms with Gasteiger partial charge in [0.05, 0.1) is 36.4 Å². The minimum Gasteiger partial charge on any atom is -0.386 e. The SMILES string of the molecule is Cc1cc(CN/C=C2\C(=N)C=CN=C2CCOC2CC2)cnc1COCF. The molecule has 3 rings (SSSR count). The van der Waals surface area contributed by atoms with Crippen molar-refractivity contribution < 1.29 is 13.9 Å². The molecule has 0 saturated heterocycles. The van der Waals surface area contributed by atoms with Gasteiger partial charge in [-0.3, -0.25) is 9.98 Å². The zero-order valence-corrected chi connectivity index (χ0v) is 15.5. The zero-order chi connectivity index (χ0) is 19.1. The molecule has 1 fully saturated rings. The Morgan fingerprint density at radius 1 is 1.41 bits per heavy atom. The van der Waals surface area contributed by atoms with E-state index in [1.165, 1.54) is 0 Å². The fraction of sp³-hybridized carbons (Fsp3) is 0.450. The molecule has 0 spiro atoms. The maximum Gasteiger partial charge on any atom is 0.188 e. The quantitative estimate of drug-likeness (QED) is 0.660. The van der Waals surface area contributed by atoms with Crippen LogP contribution in [0.2, 0.25) is 0 Å². The van der Waals surface area contributed by atoms with E-state index in [4.69, 9.17) is 14.9 Å². The Hall–Kier alpha value is -2.38. The lowest BCUT2D eigenvalue weighted by molar-refractivity contribution is 0.0441. The molecule has 0 bridgehead atoms. The topological polar surface area (TPSA) is 79.6 Å². The van der Waals surface area contributed by atoms with Gasteiger partial charge in [0.15, 0.2) is 6.86 Å². The van der Waals surface area contributed by atoms with Crippen LogP contribution in [0.15, 0.2) is 41.3 Å². The van der Waals surface area contributed by atoms with Gasteiger partial charge >= 0.3 is 0 Å². The average molecular weight is 372 g/mol. The van der Waals surface area contributed by atoms with Gasteiger partial charge in [-0.2, -0.15) is 0 Å².